The lowest BCUT2D eigenvalue weighted by molar-refractivity contribution is -0.384. The Kier molecular flexibility index (Phi) is 8.27. The molecule has 2 amide bonds. The minimum absolute atomic E-state index is 0.00432. The summed E-state index contributed by atoms with van der Waals surface area (Å²) >= 11 is 0. The molecule has 0 fully saturated rings. The summed E-state index contributed by atoms with van der Waals surface area (Å²) in [6, 6.07) is 25.3. The zero-order chi connectivity index (χ0) is 27.8. The molecule has 10 nitrogen and oxygen atoms in total. The number of carbonyl (C=O) groups is 2. The van der Waals surface area contributed by atoms with Crippen LogP contribution in [0.1, 0.15) is 21.7 Å². The highest BCUT2D eigenvalue weighted by Crippen LogP contribution is 2.25. The number of nitrogens with one attached hydrogen (secondary N) is 2. The lowest BCUT2D eigenvalue weighted by Crippen LogP contribution is -2.32. The second-order valence-electron chi connectivity index (χ2n) is 8.57. The molecule has 0 atom stereocenters. The lowest BCUT2D eigenvalue weighted by atomic mass is 10.1. The zero-order valence-corrected chi connectivity index (χ0v) is 21.2. The number of benzene rings is 3. The molecule has 1 aromatic heterocycles. The van der Waals surface area contributed by atoms with Gasteiger partial charge in [0.15, 0.2) is 0 Å². The molecule has 1 heterocycles. The quantitative estimate of drug-likeness (QED) is 0.140. The van der Waals surface area contributed by atoms with Gasteiger partial charge < -0.3 is 14.6 Å². The Morgan fingerprint density at radius 1 is 0.949 bits per heavy atom. The number of amides is 2. The average Bonchev–Trinajstić information content (AvgIpc) is 3.42. The van der Waals surface area contributed by atoms with Gasteiger partial charge in [0.05, 0.1) is 11.1 Å². The van der Waals surface area contributed by atoms with Crippen LogP contribution in [0.15, 0.2) is 106 Å². The Morgan fingerprint density at radius 2 is 1.69 bits per heavy atom. The number of hydrogen-bond donors (Lipinski definition) is 2. The van der Waals surface area contributed by atoms with Crippen LogP contribution in [0.4, 0.5) is 11.4 Å². The first-order chi connectivity index (χ1) is 18.8. The van der Waals surface area contributed by atoms with E-state index in [2.05, 4.69) is 15.8 Å². The van der Waals surface area contributed by atoms with Gasteiger partial charge in [-0.05, 0) is 48.0 Å². The van der Waals surface area contributed by atoms with Crippen LogP contribution in [0.25, 0.3) is 17.4 Å². The molecule has 0 aliphatic carbocycles. The number of rotatable bonds is 9. The molecular formula is C29H25N5O5. The fraction of sp³-hybridized carbons (Fsp3) is 0.0690. The molecule has 3 aromatic carbocycles. The molecule has 196 valence electrons. The first kappa shape index (κ1) is 26.6. The van der Waals surface area contributed by atoms with Crippen molar-refractivity contribution in [3.8, 4) is 11.3 Å². The van der Waals surface area contributed by atoms with Gasteiger partial charge in [0.25, 0.3) is 17.5 Å². The van der Waals surface area contributed by atoms with E-state index in [-0.39, 0.29) is 11.4 Å². The standard InChI is InChI=1S/C29H25N5O5/c1-33(2)23-13-11-20(12-14-23)17-26(31-28(35)21-7-4-3-5-8-21)29(36)32-30-19-25-15-16-27(39-25)22-9-6-10-24(18-22)34(37)38/h3-19H,1-2H3,(H,31,35)(H,32,36)/b26-17-,30-19-. The number of carbonyl (C=O) groups excluding carboxylic acids is 2. The van der Waals surface area contributed by atoms with Gasteiger partial charge in [-0.3, -0.25) is 19.7 Å². The SMILES string of the molecule is CN(C)c1ccc(/C=C(\NC(=O)c2ccccc2)C(=O)N/N=C\c2ccc(-c3cccc([N+](=O)[O-])c3)o2)cc1. The van der Waals surface area contributed by atoms with Crippen LogP contribution in [0, 0.1) is 10.1 Å². The molecule has 0 aliphatic heterocycles. The molecule has 0 saturated carbocycles. The third-order valence-corrected chi connectivity index (χ3v) is 5.58. The second kappa shape index (κ2) is 12.2. The number of hydrogen-bond acceptors (Lipinski definition) is 7. The number of hydrazone groups is 1. The highest BCUT2D eigenvalue weighted by Gasteiger charge is 2.15. The van der Waals surface area contributed by atoms with Crippen molar-refractivity contribution in [1.29, 1.82) is 0 Å². The molecule has 0 saturated heterocycles. The first-order valence-corrected chi connectivity index (χ1v) is 11.8. The Balaban J connectivity index is 1.50. The topological polar surface area (TPSA) is 130 Å². The van der Waals surface area contributed by atoms with Gasteiger partial charge in [-0.15, -0.1) is 0 Å². The van der Waals surface area contributed by atoms with E-state index in [1.54, 1.807) is 60.7 Å². The number of anilines is 1. The van der Waals surface area contributed by atoms with Crippen molar-refractivity contribution in [2.24, 2.45) is 5.10 Å². The number of nitro groups is 1. The Morgan fingerprint density at radius 3 is 2.38 bits per heavy atom. The third kappa shape index (κ3) is 7.04. The van der Waals surface area contributed by atoms with E-state index in [0.29, 0.717) is 28.2 Å². The highest BCUT2D eigenvalue weighted by molar-refractivity contribution is 6.05. The monoisotopic (exact) mass is 523 g/mol. The van der Waals surface area contributed by atoms with E-state index in [9.17, 15) is 19.7 Å². The fourth-order valence-corrected chi connectivity index (χ4v) is 3.54. The van der Waals surface area contributed by atoms with Crippen LogP contribution in [0.5, 0.6) is 0 Å². The van der Waals surface area contributed by atoms with Crippen molar-refractivity contribution in [1.82, 2.24) is 10.7 Å². The van der Waals surface area contributed by atoms with Crippen molar-refractivity contribution < 1.29 is 18.9 Å². The number of furan rings is 1. The van der Waals surface area contributed by atoms with E-state index in [4.69, 9.17) is 4.42 Å². The van der Waals surface area contributed by atoms with Gasteiger partial charge in [-0.2, -0.15) is 5.10 Å². The van der Waals surface area contributed by atoms with Gasteiger partial charge in [-0.25, -0.2) is 5.43 Å². The summed E-state index contributed by atoms with van der Waals surface area (Å²) < 4.78 is 5.68. The van der Waals surface area contributed by atoms with Gasteiger partial charge in [-0.1, -0.05) is 42.5 Å². The molecule has 4 rings (SSSR count). The highest BCUT2D eigenvalue weighted by atomic mass is 16.6. The molecular weight excluding hydrogens is 498 g/mol. The maximum absolute atomic E-state index is 13.0. The molecule has 0 radical (unpaired) electrons. The molecule has 0 aliphatic rings. The van der Waals surface area contributed by atoms with Crippen molar-refractivity contribution in [3.05, 3.63) is 124 Å². The summed E-state index contributed by atoms with van der Waals surface area (Å²) in [7, 11) is 3.85. The summed E-state index contributed by atoms with van der Waals surface area (Å²) in [6.07, 6.45) is 2.85. The fourth-order valence-electron chi connectivity index (χ4n) is 3.54. The van der Waals surface area contributed by atoms with Crippen LogP contribution in [0.2, 0.25) is 0 Å². The van der Waals surface area contributed by atoms with Crippen LogP contribution >= 0.6 is 0 Å². The van der Waals surface area contributed by atoms with Crippen LogP contribution in [-0.4, -0.2) is 37.0 Å². The summed E-state index contributed by atoms with van der Waals surface area (Å²) in [4.78, 5) is 38.3. The smallest absolute Gasteiger partial charge is 0.287 e. The summed E-state index contributed by atoms with van der Waals surface area (Å²) in [5.74, 6) is -0.366. The maximum Gasteiger partial charge on any atom is 0.287 e. The van der Waals surface area contributed by atoms with Crippen LogP contribution < -0.4 is 15.6 Å². The predicted molar refractivity (Wildman–Crippen MR) is 149 cm³/mol. The Labute approximate surface area is 224 Å². The summed E-state index contributed by atoms with van der Waals surface area (Å²) in [5.41, 5.74) is 4.96. The zero-order valence-electron chi connectivity index (χ0n) is 21.2. The summed E-state index contributed by atoms with van der Waals surface area (Å²) in [6.45, 7) is 0. The van der Waals surface area contributed by atoms with Crippen molar-refractivity contribution in [2.75, 3.05) is 19.0 Å². The van der Waals surface area contributed by atoms with Crippen molar-refractivity contribution in [3.63, 3.8) is 0 Å². The second-order valence-corrected chi connectivity index (χ2v) is 8.57. The molecule has 0 bridgehead atoms. The van der Waals surface area contributed by atoms with Gasteiger partial charge in [0, 0.05) is 43.0 Å². The summed E-state index contributed by atoms with van der Waals surface area (Å²) in [5, 5.41) is 17.6. The number of non-ortho nitro benzene ring substituents is 1. The molecule has 39 heavy (non-hydrogen) atoms. The van der Waals surface area contributed by atoms with Crippen LogP contribution in [-0.2, 0) is 4.79 Å². The Bertz CT molecular complexity index is 1540. The number of nitrogens with zero attached hydrogens (tertiary/aromatic N) is 3. The third-order valence-electron chi connectivity index (χ3n) is 5.58. The molecule has 10 heteroatoms. The maximum atomic E-state index is 13.0. The predicted octanol–water partition coefficient (Wildman–Crippen LogP) is 4.84. The molecule has 2 N–H and O–H groups in total. The van der Waals surface area contributed by atoms with Crippen molar-refractivity contribution >= 4 is 35.5 Å². The van der Waals surface area contributed by atoms with Crippen molar-refractivity contribution in [2.45, 2.75) is 0 Å². The Hall–Kier alpha value is -5.51. The van der Waals surface area contributed by atoms with Gasteiger partial charge in [0.1, 0.15) is 17.2 Å². The van der Waals surface area contributed by atoms with Gasteiger partial charge >= 0.3 is 0 Å². The van der Waals surface area contributed by atoms with Crippen LogP contribution in [0.3, 0.4) is 0 Å². The minimum atomic E-state index is -0.641. The lowest BCUT2D eigenvalue weighted by Gasteiger charge is -2.12. The van der Waals surface area contributed by atoms with E-state index in [1.807, 2.05) is 43.3 Å². The molecule has 0 unspecified atom stereocenters. The van der Waals surface area contributed by atoms with E-state index in [1.165, 1.54) is 18.3 Å². The van der Waals surface area contributed by atoms with E-state index < -0.39 is 16.7 Å². The normalized spacial score (nSPS) is 11.3. The van der Waals surface area contributed by atoms with E-state index in [0.717, 1.165) is 5.69 Å². The average molecular weight is 524 g/mol. The van der Waals surface area contributed by atoms with E-state index >= 15 is 0 Å². The minimum Gasteiger partial charge on any atom is -0.455 e. The first-order valence-electron chi connectivity index (χ1n) is 11.8. The molecule has 4 aromatic rings. The van der Waals surface area contributed by atoms with Gasteiger partial charge in [0.2, 0.25) is 0 Å². The largest absolute Gasteiger partial charge is 0.455 e. The number of nitro benzene ring substituents is 1. The molecule has 0 spiro atoms.